The van der Waals surface area contributed by atoms with Crippen LogP contribution in [0, 0.1) is 11.3 Å². The van der Waals surface area contributed by atoms with E-state index in [1.54, 1.807) is 26.0 Å². The summed E-state index contributed by atoms with van der Waals surface area (Å²) in [5.41, 5.74) is 1.56. The van der Waals surface area contributed by atoms with E-state index in [0.717, 1.165) is 12.8 Å². The van der Waals surface area contributed by atoms with Crippen molar-refractivity contribution in [2.45, 2.75) is 33.6 Å². The molecule has 0 saturated carbocycles. The highest BCUT2D eigenvalue weighted by molar-refractivity contribution is 5.85. The van der Waals surface area contributed by atoms with E-state index in [2.05, 4.69) is 24.5 Å². The quantitative estimate of drug-likeness (QED) is 0.299. The lowest BCUT2D eigenvalue weighted by Gasteiger charge is -1.97. The van der Waals surface area contributed by atoms with Crippen molar-refractivity contribution in [3.8, 4) is 6.07 Å². The molecule has 0 unspecified atom stereocenters. The number of allylic oxidation sites excluding steroid dienone is 2. The highest BCUT2D eigenvalue weighted by Gasteiger charge is 1.93. The van der Waals surface area contributed by atoms with Gasteiger partial charge in [0.05, 0.1) is 12.7 Å². The van der Waals surface area contributed by atoms with Crippen molar-refractivity contribution in [3.63, 3.8) is 0 Å². The van der Waals surface area contributed by atoms with E-state index in [1.807, 2.05) is 43.3 Å². The standard InChI is InChI=1S/C8H8.C7H12O2.C5H8O2.C3H3N/c1-2-8-6-4-3-5-7-8;1-3-5-6-9-7(8)4-2;1-3-4(2)5(6)7;1-2-3-4/h2-7H,1H2;4H,2-3,5-6H2,1H3;3H,1-2H3,(H,6,7);2H,1H2. The monoisotopic (exact) mass is 385 g/mol. The molecule has 0 heterocycles. The van der Waals surface area contributed by atoms with Gasteiger partial charge in [0, 0.05) is 17.7 Å². The zero-order valence-corrected chi connectivity index (χ0v) is 17.1. The van der Waals surface area contributed by atoms with Crippen LogP contribution in [-0.4, -0.2) is 23.7 Å². The van der Waals surface area contributed by atoms with Gasteiger partial charge in [0.15, 0.2) is 0 Å². The maximum Gasteiger partial charge on any atom is 0.330 e. The number of nitriles is 1. The second-order valence-corrected chi connectivity index (χ2v) is 4.95. The van der Waals surface area contributed by atoms with Crippen LogP contribution in [0.3, 0.4) is 0 Å². The number of esters is 1. The zero-order chi connectivity index (χ0) is 22.2. The smallest absolute Gasteiger partial charge is 0.330 e. The fourth-order valence-electron chi connectivity index (χ4n) is 1.09. The summed E-state index contributed by atoms with van der Waals surface area (Å²) in [5, 5.41) is 15.6. The molecule has 0 aromatic heterocycles. The highest BCUT2D eigenvalue weighted by atomic mass is 16.5. The van der Waals surface area contributed by atoms with Crippen molar-refractivity contribution in [2.24, 2.45) is 0 Å². The van der Waals surface area contributed by atoms with Crippen molar-refractivity contribution in [1.29, 1.82) is 5.26 Å². The van der Waals surface area contributed by atoms with Crippen LogP contribution in [0.2, 0.25) is 0 Å². The van der Waals surface area contributed by atoms with Crippen LogP contribution < -0.4 is 0 Å². The number of rotatable bonds is 6. The van der Waals surface area contributed by atoms with Gasteiger partial charge in [0.25, 0.3) is 0 Å². The predicted octanol–water partition coefficient (Wildman–Crippen LogP) is 5.58. The molecule has 0 aliphatic rings. The lowest BCUT2D eigenvalue weighted by atomic mass is 10.2. The summed E-state index contributed by atoms with van der Waals surface area (Å²) >= 11 is 0. The Morgan fingerprint density at radius 3 is 2.00 bits per heavy atom. The Morgan fingerprint density at radius 2 is 1.75 bits per heavy atom. The third kappa shape index (κ3) is 24.9. The number of aliphatic carboxylic acids is 1. The first kappa shape index (κ1) is 29.4. The van der Waals surface area contributed by atoms with Crippen molar-refractivity contribution in [1.82, 2.24) is 0 Å². The van der Waals surface area contributed by atoms with Gasteiger partial charge in [-0.3, -0.25) is 0 Å². The molecule has 1 rings (SSSR count). The van der Waals surface area contributed by atoms with E-state index in [4.69, 9.17) is 10.4 Å². The molecule has 5 heteroatoms. The molecule has 0 spiro atoms. The molecular formula is C23H31NO4. The summed E-state index contributed by atoms with van der Waals surface area (Å²) < 4.78 is 4.67. The molecule has 152 valence electrons. The van der Waals surface area contributed by atoms with Gasteiger partial charge in [-0.15, -0.1) is 0 Å². The number of hydrogen-bond acceptors (Lipinski definition) is 4. The van der Waals surface area contributed by atoms with Crippen LogP contribution in [0.25, 0.3) is 6.08 Å². The Kier molecular flexibility index (Phi) is 24.8. The molecule has 0 bridgehead atoms. The minimum Gasteiger partial charge on any atom is -0.478 e. The lowest BCUT2D eigenvalue weighted by molar-refractivity contribution is -0.138. The van der Waals surface area contributed by atoms with E-state index < -0.39 is 5.97 Å². The third-order valence-corrected chi connectivity index (χ3v) is 2.81. The van der Waals surface area contributed by atoms with Gasteiger partial charge in [-0.05, 0) is 25.8 Å². The summed E-state index contributed by atoms with van der Waals surface area (Å²) in [6.45, 7) is 15.8. The molecule has 1 aromatic rings. The largest absolute Gasteiger partial charge is 0.478 e. The number of unbranched alkanes of at least 4 members (excludes halogenated alkanes) is 1. The Hall–Kier alpha value is -3.39. The van der Waals surface area contributed by atoms with E-state index >= 15 is 0 Å². The maximum atomic E-state index is 10.3. The van der Waals surface area contributed by atoms with Gasteiger partial charge in [-0.1, -0.05) is 75.6 Å². The fraction of sp³-hybridized carbons (Fsp3) is 0.261. The normalized spacial score (nSPS) is 8.57. The molecule has 0 amide bonds. The molecule has 28 heavy (non-hydrogen) atoms. The average molecular weight is 386 g/mol. The van der Waals surface area contributed by atoms with Crippen molar-refractivity contribution < 1.29 is 19.4 Å². The zero-order valence-electron chi connectivity index (χ0n) is 17.1. The van der Waals surface area contributed by atoms with Crippen LogP contribution in [0.4, 0.5) is 0 Å². The van der Waals surface area contributed by atoms with Gasteiger partial charge >= 0.3 is 11.9 Å². The average Bonchev–Trinajstić information content (AvgIpc) is 2.74. The van der Waals surface area contributed by atoms with E-state index in [1.165, 1.54) is 17.7 Å². The van der Waals surface area contributed by atoms with Crippen molar-refractivity contribution in [3.05, 3.63) is 79.4 Å². The van der Waals surface area contributed by atoms with Crippen LogP contribution in [0.5, 0.6) is 0 Å². The number of carboxylic acid groups (broad SMARTS) is 1. The molecule has 0 radical (unpaired) electrons. The van der Waals surface area contributed by atoms with Crippen molar-refractivity contribution >= 4 is 18.0 Å². The number of hydrogen-bond donors (Lipinski definition) is 1. The second-order valence-electron chi connectivity index (χ2n) is 4.95. The molecule has 0 aliphatic heterocycles. The van der Waals surface area contributed by atoms with Crippen LogP contribution in [0.15, 0.2) is 73.9 Å². The van der Waals surface area contributed by atoms with Crippen LogP contribution in [0.1, 0.15) is 39.2 Å². The summed E-state index contributed by atoms with van der Waals surface area (Å²) in [4.78, 5) is 20.2. The number of benzene rings is 1. The fourth-order valence-corrected chi connectivity index (χ4v) is 1.09. The van der Waals surface area contributed by atoms with Gasteiger partial charge < -0.3 is 9.84 Å². The van der Waals surface area contributed by atoms with Gasteiger partial charge in [-0.25, -0.2) is 9.59 Å². The Labute approximate surface area is 169 Å². The maximum absolute atomic E-state index is 10.3. The van der Waals surface area contributed by atoms with Crippen LogP contribution >= 0.6 is 0 Å². The summed E-state index contributed by atoms with van der Waals surface area (Å²) in [7, 11) is 0. The summed E-state index contributed by atoms with van der Waals surface area (Å²) in [5.74, 6) is -1.18. The molecule has 1 N–H and O–H groups in total. The molecular weight excluding hydrogens is 354 g/mol. The summed E-state index contributed by atoms with van der Waals surface area (Å²) in [6.07, 6.45) is 7.72. The SMILES string of the molecule is C=CC#N.C=CC(=O)OCCCC.C=Cc1ccccc1.CC=C(C)C(=O)O. The first-order valence-electron chi connectivity index (χ1n) is 8.67. The number of carboxylic acids is 1. The van der Waals surface area contributed by atoms with Crippen molar-refractivity contribution in [2.75, 3.05) is 6.61 Å². The molecule has 5 nitrogen and oxygen atoms in total. The number of carbonyl (C=O) groups is 2. The summed E-state index contributed by atoms with van der Waals surface area (Å²) in [6, 6.07) is 11.7. The number of nitrogens with zero attached hydrogens (tertiary/aromatic N) is 1. The first-order valence-corrected chi connectivity index (χ1v) is 8.67. The first-order chi connectivity index (χ1) is 13.3. The van der Waals surface area contributed by atoms with Gasteiger partial charge in [0.2, 0.25) is 0 Å². The highest BCUT2D eigenvalue weighted by Crippen LogP contribution is 1.97. The minimum atomic E-state index is -0.845. The van der Waals surface area contributed by atoms with E-state index in [9.17, 15) is 9.59 Å². The predicted molar refractivity (Wildman–Crippen MR) is 115 cm³/mol. The van der Waals surface area contributed by atoms with Crippen LogP contribution in [-0.2, 0) is 14.3 Å². The minimum absolute atomic E-state index is 0.330. The molecule has 0 atom stereocenters. The third-order valence-electron chi connectivity index (χ3n) is 2.81. The Morgan fingerprint density at radius 1 is 1.21 bits per heavy atom. The number of carbonyl (C=O) groups excluding carboxylic acids is 1. The second kappa shape index (κ2) is 23.6. The molecule has 0 aliphatic carbocycles. The van der Waals surface area contributed by atoms with Gasteiger partial charge in [0.1, 0.15) is 0 Å². The Bertz CT molecular complexity index is 640. The lowest BCUT2D eigenvalue weighted by Crippen LogP contribution is -2.00. The molecule has 0 fully saturated rings. The van der Waals surface area contributed by atoms with Gasteiger partial charge in [-0.2, -0.15) is 5.26 Å². The molecule has 1 aromatic carbocycles. The Balaban J connectivity index is -0.000000308. The molecule has 0 saturated heterocycles. The topological polar surface area (TPSA) is 87.4 Å². The van der Waals surface area contributed by atoms with E-state index in [-0.39, 0.29) is 5.97 Å². The van der Waals surface area contributed by atoms with E-state index in [0.29, 0.717) is 12.2 Å². The number of ether oxygens (including phenoxy) is 1.